The van der Waals surface area contributed by atoms with E-state index in [0.717, 1.165) is 5.76 Å². The predicted molar refractivity (Wildman–Crippen MR) is 47.5 cm³/mol. The summed E-state index contributed by atoms with van der Waals surface area (Å²) in [6.07, 6.45) is 1.68. The van der Waals surface area contributed by atoms with E-state index in [4.69, 9.17) is 4.42 Å². The number of nitrogens with one attached hydrogen (secondary N) is 1. The highest BCUT2D eigenvalue weighted by molar-refractivity contribution is 5.02. The fourth-order valence-corrected chi connectivity index (χ4v) is 0.680. The minimum Gasteiger partial charge on any atom is -0.468 e. The molecule has 1 heterocycles. The zero-order chi connectivity index (χ0) is 8.69. The van der Waals surface area contributed by atoms with Crippen LogP contribution in [-0.4, -0.2) is 7.05 Å². The van der Waals surface area contributed by atoms with Crippen molar-refractivity contribution in [1.82, 2.24) is 5.32 Å². The molecule has 0 bridgehead atoms. The molecule has 1 N–H and O–H groups in total. The monoisotopic (exact) mass is 155 g/mol. The van der Waals surface area contributed by atoms with Gasteiger partial charge >= 0.3 is 0 Å². The molecule has 0 aromatic carbocycles. The molecule has 0 saturated carbocycles. The van der Waals surface area contributed by atoms with Gasteiger partial charge in [-0.25, -0.2) is 0 Å². The smallest absolute Gasteiger partial charge is 0.120 e. The van der Waals surface area contributed by atoms with Crippen molar-refractivity contribution in [3.8, 4) is 0 Å². The van der Waals surface area contributed by atoms with E-state index in [1.54, 1.807) is 6.26 Å². The first kappa shape index (κ1) is 10.2. The lowest BCUT2D eigenvalue weighted by molar-refractivity contribution is 0.449. The normalized spacial score (nSPS) is 11.6. The molecule has 0 fully saturated rings. The van der Waals surface area contributed by atoms with Crippen LogP contribution < -0.4 is 5.32 Å². The van der Waals surface area contributed by atoms with E-state index < -0.39 is 0 Å². The maximum absolute atomic E-state index is 5.12. The average Bonchev–Trinajstić information content (AvgIpc) is 2.59. The van der Waals surface area contributed by atoms with Crippen LogP contribution in [0.15, 0.2) is 22.8 Å². The Kier molecular flexibility index (Phi) is 5.57. The van der Waals surface area contributed by atoms with Gasteiger partial charge in [0, 0.05) is 0 Å². The van der Waals surface area contributed by atoms with Gasteiger partial charge in [-0.15, -0.1) is 0 Å². The largest absolute Gasteiger partial charge is 0.468 e. The van der Waals surface area contributed by atoms with Crippen LogP contribution in [-0.2, 0) is 0 Å². The number of rotatable bonds is 2. The number of hydrogen-bond donors (Lipinski definition) is 1. The van der Waals surface area contributed by atoms with Gasteiger partial charge in [0.25, 0.3) is 0 Å². The highest BCUT2D eigenvalue weighted by Crippen LogP contribution is 2.10. The molecule has 11 heavy (non-hydrogen) atoms. The molecule has 0 saturated heterocycles. The minimum atomic E-state index is 0.319. The van der Waals surface area contributed by atoms with Crippen molar-refractivity contribution >= 4 is 0 Å². The van der Waals surface area contributed by atoms with Gasteiger partial charge in [0.1, 0.15) is 5.76 Å². The molecule has 0 aliphatic rings. The van der Waals surface area contributed by atoms with Crippen molar-refractivity contribution in [2.24, 2.45) is 0 Å². The molecule has 2 heteroatoms. The van der Waals surface area contributed by atoms with Crippen LogP contribution in [0.1, 0.15) is 32.6 Å². The zero-order valence-electron chi connectivity index (χ0n) is 7.72. The second kappa shape index (κ2) is 5.98. The van der Waals surface area contributed by atoms with E-state index in [2.05, 4.69) is 12.2 Å². The summed E-state index contributed by atoms with van der Waals surface area (Å²) in [6.45, 7) is 6.05. The van der Waals surface area contributed by atoms with Gasteiger partial charge in [-0.2, -0.15) is 0 Å². The van der Waals surface area contributed by atoms with Gasteiger partial charge in [-0.05, 0) is 26.1 Å². The van der Waals surface area contributed by atoms with E-state index in [9.17, 15) is 0 Å². The maximum atomic E-state index is 5.12. The van der Waals surface area contributed by atoms with Crippen LogP contribution in [0.25, 0.3) is 0 Å². The molecule has 1 atom stereocenters. The lowest BCUT2D eigenvalue weighted by Gasteiger charge is -2.03. The second-order valence-electron chi connectivity index (χ2n) is 2.03. The van der Waals surface area contributed by atoms with E-state index >= 15 is 0 Å². The molecule has 2 nitrogen and oxygen atoms in total. The Labute approximate surface area is 68.6 Å². The van der Waals surface area contributed by atoms with Gasteiger partial charge in [-0.1, -0.05) is 13.8 Å². The van der Waals surface area contributed by atoms with Crippen molar-refractivity contribution in [3.05, 3.63) is 24.2 Å². The van der Waals surface area contributed by atoms with Gasteiger partial charge in [-0.3, -0.25) is 0 Å². The standard InChI is InChI=1S/C7H11NO.C2H6/c1-6(8-2)7-4-3-5-9-7;1-2/h3-6,8H,1-2H3;1-2H3. The molecule has 64 valence electrons. The second-order valence-corrected chi connectivity index (χ2v) is 2.03. The highest BCUT2D eigenvalue weighted by Gasteiger charge is 2.02. The maximum Gasteiger partial charge on any atom is 0.120 e. The Morgan fingerprint density at radius 3 is 2.45 bits per heavy atom. The highest BCUT2D eigenvalue weighted by atomic mass is 16.3. The predicted octanol–water partition coefficient (Wildman–Crippen LogP) is 2.59. The Morgan fingerprint density at radius 2 is 2.09 bits per heavy atom. The topological polar surface area (TPSA) is 25.2 Å². The summed E-state index contributed by atoms with van der Waals surface area (Å²) in [6, 6.07) is 4.17. The first-order valence-electron chi connectivity index (χ1n) is 4.05. The third-order valence-electron chi connectivity index (χ3n) is 1.40. The summed E-state index contributed by atoms with van der Waals surface area (Å²) in [7, 11) is 1.91. The summed E-state index contributed by atoms with van der Waals surface area (Å²) < 4.78 is 5.12. The van der Waals surface area contributed by atoms with Crippen LogP contribution in [0.3, 0.4) is 0 Å². The SMILES string of the molecule is CC.CNC(C)c1ccco1. The van der Waals surface area contributed by atoms with Crippen LogP contribution in [0.2, 0.25) is 0 Å². The Hall–Kier alpha value is -0.760. The molecular weight excluding hydrogens is 138 g/mol. The molecule has 1 rings (SSSR count). The molecule has 0 aliphatic carbocycles. The van der Waals surface area contributed by atoms with E-state index in [0.29, 0.717) is 6.04 Å². The van der Waals surface area contributed by atoms with Gasteiger partial charge in [0.05, 0.1) is 12.3 Å². The molecule has 0 amide bonds. The summed E-state index contributed by atoms with van der Waals surface area (Å²) in [4.78, 5) is 0. The first-order chi connectivity index (χ1) is 5.34. The van der Waals surface area contributed by atoms with Gasteiger partial charge < -0.3 is 9.73 Å². The molecule has 0 aliphatic heterocycles. The fraction of sp³-hybridized carbons (Fsp3) is 0.556. The van der Waals surface area contributed by atoms with Crippen molar-refractivity contribution in [2.45, 2.75) is 26.8 Å². The number of furan rings is 1. The third kappa shape index (κ3) is 3.23. The third-order valence-corrected chi connectivity index (χ3v) is 1.40. The lowest BCUT2D eigenvalue weighted by Crippen LogP contribution is -2.10. The van der Waals surface area contributed by atoms with Gasteiger partial charge in [0.15, 0.2) is 0 Å². The minimum absolute atomic E-state index is 0.319. The van der Waals surface area contributed by atoms with E-state index in [1.165, 1.54) is 0 Å². The van der Waals surface area contributed by atoms with Crippen molar-refractivity contribution < 1.29 is 4.42 Å². The molecule has 1 aromatic rings. The Balaban J connectivity index is 0.000000461. The average molecular weight is 155 g/mol. The van der Waals surface area contributed by atoms with Crippen LogP contribution in [0, 0.1) is 0 Å². The summed E-state index contributed by atoms with van der Waals surface area (Å²) >= 11 is 0. The zero-order valence-corrected chi connectivity index (χ0v) is 7.72. The fourth-order valence-electron chi connectivity index (χ4n) is 0.680. The molecule has 0 radical (unpaired) electrons. The van der Waals surface area contributed by atoms with Crippen molar-refractivity contribution in [2.75, 3.05) is 7.05 Å². The van der Waals surface area contributed by atoms with Gasteiger partial charge in [0.2, 0.25) is 0 Å². The Bertz CT molecular complexity index is 158. The van der Waals surface area contributed by atoms with Crippen LogP contribution >= 0.6 is 0 Å². The summed E-state index contributed by atoms with van der Waals surface area (Å²) in [5.74, 6) is 0.984. The lowest BCUT2D eigenvalue weighted by atomic mass is 10.3. The summed E-state index contributed by atoms with van der Waals surface area (Å²) in [5, 5.41) is 3.07. The molecule has 0 spiro atoms. The quantitative estimate of drug-likeness (QED) is 0.710. The number of hydrogen-bond acceptors (Lipinski definition) is 2. The first-order valence-corrected chi connectivity index (χ1v) is 4.05. The molecular formula is C9H17NO. The van der Waals surface area contributed by atoms with Crippen molar-refractivity contribution in [1.29, 1.82) is 0 Å². The molecule has 1 aromatic heterocycles. The molecule has 1 unspecified atom stereocenters. The Morgan fingerprint density at radius 1 is 1.45 bits per heavy atom. The van der Waals surface area contributed by atoms with Crippen LogP contribution in [0.4, 0.5) is 0 Å². The summed E-state index contributed by atoms with van der Waals surface area (Å²) in [5.41, 5.74) is 0. The van der Waals surface area contributed by atoms with E-state index in [1.807, 2.05) is 33.0 Å². The van der Waals surface area contributed by atoms with Crippen LogP contribution in [0.5, 0.6) is 0 Å². The van der Waals surface area contributed by atoms with E-state index in [-0.39, 0.29) is 0 Å². The van der Waals surface area contributed by atoms with Crippen molar-refractivity contribution in [3.63, 3.8) is 0 Å².